The van der Waals surface area contributed by atoms with Crippen molar-refractivity contribution in [2.24, 2.45) is 0 Å². The van der Waals surface area contributed by atoms with Gasteiger partial charge < -0.3 is 19.5 Å². The van der Waals surface area contributed by atoms with Gasteiger partial charge in [0.2, 0.25) is 10.0 Å². The van der Waals surface area contributed by atoms with E-state index in [1.807, 2.05) is 46.0 Å². The largest absolute Gasteiger partial charge is 0.494 e. The summed E-state index contributed by atoms with van der Waals surface area (Å²) in [5.74, 6) is 0.325. The van der Waals surface area contributed by atoms with Gasteiger partial charge in [0.15, 0.2) is 5.11 Å². The van der Waals surface area contributed by atoms with E-state index >= 15 is 0 Å². The average Bonchev–Trinajstić information content (AvgIpc) is 3.53. The second-order valence-corrected chi connectivity index (χ2v) is 11.0. The van der Waals surface area contributed by atoms with Crippen LogP contribution in [0, 0.1) is 10.1 Å². The third-order valence-corrected chi connectivity index (χ3v) is 7.18. The van der Waals surface area contributed by atoms with Gasteiger partial charge in [-0.05, 0) is 60.7 Å². The summed E-state index contributed by atoms with van der Waals surface area (Å²) in [7, 11) is -2.06. The van der Waals surface area contributed by atoms with E-state index in [4.69, 9.17) is 17.0 Å². The summed E-state index contributed by atoms with van der Waals surface area (Å²) in [5, 5.41) is 15.0. The van der Waals surface area contributed by atoms with Gasteiger partial charge in [-0.25, -0.2) is 8.42 Å². The second kappa shape index (κ2) is 10.3. The maximum atomic E-state index is 11.8. The third kappa shape index (κ3) is 5.26. The molecule has 39 heavy (non-hydrogen) atoms. The van der Waals surface area contributed by atoms with Crippen molar-refractivity contribution >= 4 is 44.4 Å². The van der Waals surface area contributed by atoms with E-state index < -0.39 is 21.0 Å². The Morgan fingerprint density at radius 3 is 2.46 bits per heavy atom. The number of pyridine rings is 1. The Bertz CT molecular complexity index is 1640. The summed E-state index contributed by atoms with van der Waals surface area (Å²) in [6.07, 6.45) is 4.66. The van der Waals surface area contributed by atoms with Gasteiger partial charge in [-0.15, -0.1) is 0 Å². The molecule has 0 unspecified atom stereocenters. The molecule has 1 fully saturated rings. The SMILES string of the molecule is COc1cc(N2C(=S)N[C@@H](c3ccccn3)[C@@H]2c2cccn2-c2ccc([N+](=O)[O-])cc2)ccc1NS(C)(=O)=O. The van der Waals surface area contributed by atoms with Gasteiger partial charge >= 0.3 is 0 Å². The van der Waals surface area contributed by atoms with E-state index in [1.165, 1.54) is 19.2 Å². The van der Waals surface area contributed by atoms with Crippen LogP contribution in [0.4, 0.5) is 17.1 Å². The number of non-ortho nitro benzene ring substituents is 1. The molecule has 11 nitrogen and oxygen atoms in total. The van der Waals surface area contributed by atoms with Gasteiger partial charge in [0, 0.05) is 47.7 Å². The van der Waals surface area contributed by atoms with Crippen LogP contribution in [0.25, 0.3) is 5.69 Å². The number of nitrogens with zero attached hydrogens (tertiary/aromatic N) is 4. The fourth-order valence-electron chi connectivity index (χ4n) is 4.65. The summed E-state index contributed by atoms with van der Waals surface area (Å²) in [6.45, 7) is 0. The molecule has 0 spiro atoms. The molecule has 4 aromatic rings. The minimum Gasteiger partial charge on any atom is -0.494 e. The number of ether oxygens (including phenoxy) is 1. The van der Waals surface area contributed by atoms with Gasteiger partial charge in [0.25, 0.3) is 5.69 Å². The Labute approximate surface area is 230 Å². The number of anilines is 2. The molecule has 13 heteroatoms. The standard InChI is InChI=1S/C26H24N6O5S2/c1-37-23-16-19(12-13-20(23)29-39(2,35)36)31-25(24(28-26(31)38)21-6-3-4-14-27-21)22-7-5-15-30(22)17-8-10-18(11-9-17)32(33)34/h3-16,24-25,29H,1-2H3,(H,28,38)/t24-,25-/m0/s1. The lowest BCUT2D eigenvalue weighted by Crippen LogP contribution is -2.30. The Balaban J connectivity index is 1.63. The van der Waals surface area contributed by atoms with E-state index in [-0.39, 0.29) is 11.7 Å². The molecule has 0 amide bonds. The first-order valence-corrected chi connectivity index (χ1v) is 14.0. The molecule has 3 heterocycles. The molecule has 1 aliphatic rings. The van der Waals surface area contributed by atoms with Crippen molar-refractivity contribution in [1.82, 2.24) is 14.9 Å². The van der Waals surface area contributed by atoms with Crippen LogP contribution in [0.5, 0.6) is 5.75 Å². The predicted molar refractivity (Wildman–Crippen MR) is 152 cm³/mol. The molecular formula is C26H24N6O5S2. The summed E-state index contributed by atoms with van der Waals surface area (Å²) < 4.78 is 33.6. The highest BCUT2D eigenvalue weighted by molar-refractivity contribution is 7.92. The molecule has 2 aromatic heterocycles. The summed E-state index contributed by atoms with van der Waals surface area (Å²) in [6, 6.07) is 20.2. The first-order chi connectivity index (χ1) is 18.7. The average molecular weight is 565 g/mol. The Morgan fingerprint density at radius 2 is 1.82 bits per heavy atom. The zero-order valence-electron chi connectivity index (χ0n) is 20.9. The van der Waals surface area contributed by atoms with Crippen molar-refractivity contribution < 1.29 is 18.1 Å². The number of hydrogen-bond donors (Lipinski definition) is 2. The summed E-state index contributed by atoms with van der Waals surface area (Å²) in [5.41, 5.74) is 3.33. The minimum absolute atomic E-state index is 0.000886. The fraction of sp³-hybridized carbons (Fsp3) is 0.154. The van der Waals surface area contributed by atoms with Crippen LogP contribution < -0.4 is 19.7 Å². The molecule has 0 radical (unpaired) electrons. The number of rotatable bonds is 8. The Morgan fingerprint density at radius 1 is 1.08 bits per heavy atom. The van der Waals surface area contributed by atoms with Crippen LogP contribution in [0.1, 0.15) is 23.5 Å². The van der Waals surface area contributed by atoms with Crippen LogP contribution in [0.2, 0.25) is 0 Å². The highest BCUT2D eigenvalue weighted by Crippen LogP contribution is 2.44. The molecule has 1 aliphatic heterocycles. The molecule has 0 aliphatic carbocycles. The van der Waals surface area contributed by atoms with Crippen LogP contribution in [-0.4, -0.2) is 41.4 Å². The van der Waals surface area contributed by atoms with Crippen LogP contribution in [0.15, 0.2) is 85.2 Å². The number of nitro groups is 1. The number of aromatic nitrogens is 2. The van der Waals surface area contributed by atoms with E-state index in [2.05, 4.69) is 15.0 Å². The van der Waals surface area contributed by atoms with E-state index in [0.717, 1.165) is 23.3 Å². The number of sulfonamides is 1. The smallest absolute Gasteiger partial charge is 0.269 e. The van der Waals surface area contributed by atoms with Gasteiger partial charge in [-0.2, -0.15) is 0 Å². The van der Waals surface area contributed by atoms with Crippen molar-refractivity contribution in [3.8, 4) is 11.4 Å². The topological polar surface area (TPSA) is 132 Å². The van der Waals surface area contributed by atoms with Gasteiger partial charge in [0.1, 0.15) is 11.8 Å². The summed E-state index contributed by atoms with van der Waals surface area (Å²) in [4.78, 5) is 17.2. The third-order valence-electron chi connectivity index (χ3n) is 6.28. The molecule has 1 saturated heterocycles. The fourth-order valence-corrected chi connectivity index (χ4v) is 5.57. The molecule has 0 saturated carbocycles. The molecule has 2 atom stereocenters. The van der Waals surface area contributed by atoms with Gasteiger partial charge in [-0.1, -0.05) is 6.07 Å². The maximum absolute atomic E-state index is 11.8. The number of nitrogens with one attached hydrogen (secondary N) is 2. The molecule has 0 bridgehead atoms. The van der Waals surface area contributed by atoms with E-state index in [0.29, 0.717) is 22.2 Å². The maximum Gasteiger partial charge on any atom is 0.269 e. The molecule has 2 aromatic carbocycles. The quantitative estimate of drug-likeness (QED) is 0.182. The molecular weight excluding hydrogens is 540 g/mol. The Kier molecular flexibility index (Phi) is 6.93. The zero-order chi connectivity index (χ0) is 27.7. The minimum atomic E-state index is -3.52. The Hall–Kier alpha value is -4.49. The van der Waals surface area contributed by atoms with Crippen molar-refractivity contribution in [3.63, 3.8) is 0 Å². The summed E-state index contributed by atoms with van der Waals surface area (Å²) >= 11 is 5.81. The number of methoxy groups -OCH3 is 1. The normalized spacial score (nSPS) is 17.1. The lowest BCUT2D eigenvalue weighted by Gasteiger charge is -2.29. The molecule has 2 N–H and O–H groups in total. The van der Waals surface area contributed by atoms with Crippen LogP contribution >= 0.6 is 12.2 Å². The van der Waals surface area contributed by atoms with Crippen molar-refractivity contribution in [1.29, 1.82) is 0 Å². The van der Waals surface area contributed by atoms with Gasteiger partial charge in [0.05, 0.1) is 35.7 Å². The van der Waals surface area contributed by atoms with E-state index in [9.17, 15) is 18.5 Å². The van der Waals surface area contributed by atoms with Crippen LogP contribution in [0.3, 0.4) is 0 Å². The second-order valence-electron chi connectivity index (χ2n) is 8.83. The molecule has 5 rings (SSSR count). The van der Waals surface area contributed by atoms with E-state index in [1.54, 1.807) is 36.5 Å². The molecule has 200 valence electrons. The zero-order valence-corrected chi connectivity index (χ0v) is 22.5. The lowest BCUT2D eigenvalue weighted by atomic mass is 10.0. The highest BCUT2D eigenvalue weighted by Gasteiger charge is 2.42. The number of nitro benzene ring substituents is 1. The van der Waals surface area contributed by atoms with Gasteiger partial charge in [-0.3, -0.25) is 19.8 Å². The van der Waals surface area contributed by atoms with Crippen molar-refractivity contribution in [2.45, 2.75) is 12.1 Å². The number of hydrogen-bond acceptors (Lipinski definition) is 7. The monoisotopic (exact) mass is 564 g/mol. The first-order valence-electron chi connectivity index (χ1n) is 11.7. The predicted octanol–water partition coefficient (Wildman–Crippen LogP) is 4.34. The van der Waals surface area contributed by atoms with Crippen molar-refractivity contribution in [2.75, 3.05) is 23.0 Å². The number of thiocarbonyl (C=S) groups is 1. The van der Waals surface area contributed by atoms with Crippen LogP contribution in [-0.2, 0) is 10.0 Å². The highest BCUT2D eigenvalue weighted by atomic mass is 32.2. The lowest BCUT2D eigenvalue weighted by molar-refractivity contribution is -0.384. The first kappa shape index (κ1) is 26.1. The number of benzene rings is 2. The van der Waals surface area contributed by atoms with Crippen molar-refractivity contribution in [3.05, 3.63) is 107 Å².